The van der Waals surface area contributed by atoms with Gasteiger partial charge in [-0.2, -0.15) is 0 Å². The van der Waals surface area contributed by atoms with Crippen LogP contribution in [0, 0.1) is 13.8 Å². The summed E-state index contributed by atoms with van der Waals surface area (Å²) in [5.41, 5.74) is 3.44. The number of piperidine rings is 1. The topological polar surface area (TPSA) is 83.9 Å². The molecule has 1 atom stereocenters. The molecule has 2 aliphatic heterocycles. The third-order valence-electron chi connectivity index (χ3n) is 4.88. The molecule has 2 aliphatic rings. The van der Waals surface area contributed by atoms with E-state index in [0.717, 1.165) is 16.7 Å². The van der Waals surface area contributed by atoms with Crippen molar-refractivity contribution < 1.29 is 19.2 Å². The van der Waals surface area contributed by atoms with E-state index in [9.17, 15) is 19.2 Å². The van der Waals surface area contributed by atoms with Crippen LogP contribution in [0.2, 0.25) is 0 Å². The lowest BCUT2D eigenvalue weighted by Gasteiger charge is -2.36. The second kappa shape index (κ2) is 7.92. The van der Waals surface area contributed by atoms with Crippen LogP contribution in [0.3, 0.4) is 0 Å². The van der Waals surface area contributed by atoms with Gasteiger partial charge in [-0.25, -0.2) is 0 Å². The summed E-state index contributed by atoms with van der Waals surface area (Å²) in [4.78, 5) is 25.3. The van der Waals surface area contributed by atoms with E-state index in [-0.39, 0.29) is 11.7 Å². The van der Waals surface area contributed by atoms with Crippen LogP contribution < -0.4 is 0 Å². The summed E-state index contributed by atoms with van der Waals surface area (Å²) in [7, 11) is 0. The third kappa shape index (κ3) is 4.17. The summed E-state index contributed by atoms with van der Waals surface area (Å²) in [6.45, 7) is 5.69. The fourth-order valence-electron chi connectivity index (χ4n) is 3.29. The van der Waals surface area contributed by atoms with Crippen LogP contribution >= 0.6 is 0 Å². The first kappa shape index (κ1) is 19.1. The second-order valence-corrected chi connectivity index (χ2v) is 8.28. The highest BCUT2D eigenvalue weighted by molar-refractivity contribution is 7.92. The number of amides is 1. The normalized spacial score (nSPS) is 20.5. The van der Waals surface area contributed by atoms with Crippen LogP contribution in [0.15, 0.2) is 17.5 Å². The van der Waals surface area contributed by atoms with Gasteiger partial charge in [0, 0.05) is 31.5 Å². The van der Waals surface area contributed by atoms with E-state index in [0.29, 0.717) is 44.6 Å². The van der Waals surface area contributed by atoms with Gasteiger partial charge in [-0.15, -0.1) is 4.31 Å². The minimum absolute atomic E-state index is 0.0708. The lowest BCUT2D eigenvalue weighted by atomic mass is 9.98. The number of aliphatic hydroxyl groups excluding tert-OH is 1. The van der Waals surface area contributed by atoms with Gasteiger partial charge in [0.2, 0.25) is 0 Å². The molecule has 3 rings (SSSR count). The summed E-state index contributed by atoms with van der Waals surface area (Å²) in [5, 5.41) is 11.0. The molecular formula is C19H24N2O4S. The summed E-state index contributed by atoms with van der Waals surface area (Å²) < 4.78 is 14.2. The number of nitrogens with zero attached hydrogens (tertiary/aromatic N) is 2. The van der Waals surface area contributed by atoms with Crippen molar-refractivity contribution in [2.24, 2.45) is 0 Å². The van der Waals surface area contributed by atoms with Crippen molar-refractivity contribution >= 4 is 29.1 Å². The highest BCUT2D eigenvalue weighted by Crippen LogP contribution is 2.22. The van der Waals surface area contributed by atoms with E-state index >= 15 is 0 Å². The molecule has 0 aromatic heterocycles. The molecule has 2 heterocycles. The van der Waals surface area contributed by atoms with Gasteiger partial charge in [0.25, 0.3) is 5.91 Å². The molecule has 7 heteroatoms. The maximum absolute atomic E-state index is 12.4. The number of Topliss-reactive ketones (excluding diaryl/α,β-unsaturated/α-hetero) is 1. The Morgan fingerprint density at radius 1 is 1.23 bits per heavy atom. The zero-order chi connectivity index (χ0) is 18.8. The predicted molar refractivity (Wildman–Crippen MR) is 101 cm³/mol. The van der Waals surface area contributed by atoms with E-state index in [1.165, 1.54) is 0 Å². The van der Waals surface area contributed by atoms with Crippen LogP contribution in [-0.4, -0.2) is 62.8 Å². The van der Waals surface area contributed by atoms with Gasteiger partial charge in [0.1, 0.15) is 11.2 Å². The average molecular weight is 376 g/mol. The molecule has 1 unspecified atom stereocenters. The molecule has 6 nitrogen and oxygen atoms in total. The second-order valence-electron chi connectivity index (χ2n) is 6.93. The van der Waals surface area contributed by atoms with Crippen molar-refractivity contribution in [3.63, 3.8) is 0 Å². The molecular weight excluding hydrogens is 352 g/mol. The first-order chi connectivity index (χ1) is 12.3. The summed E-state index contributed by atoms with van der Waals surface area (Å²) >= 11 is -1.26. The molecule has 2 saturated heterocycles. The number of hydrogen-bond donors (Lipinski definition) is 1. The molecule has 0 saturated carbocycles. The van der Waals surface area contributed by atoms with Gasteiger partial charge in [-0.3, -0.25) is 9.59 Å². The third-order valence-corrected chi connectivity index (χ3v) is 6.12. The molecule has 0 bridgehead atoms. The lowest BCUT2D eigenvalue weighted by Crippen LogP contribution is -2.53. The number of likely N-dealkylation sites (tertiary alicyclic amines) is 1. The molecule has 140 valence electrons. The van der Waals surface area contributed by atoms with Crippen molar-refractivity contribution in [3.8, 4) is 0 Å². The maximum atomic E-state index is 12.4. The maximum Gasteiger partial charge on any atom is 0.254 e. The Labute approximate surface area is 156 Å². The number of benzene rings is 1. The molecule has 2 fully saturated rings. The summed E-state index contributed by atoms with van der Waals surface area (Å²) in [5.74, 6) is 0.155. The SMILES string of the molecule is Cc1cc(C(=O)N2CC(O)C2)cc(C)c1/C=C/[S+]([O-])N1CCC(=O)CC1. The summed E-state index contributed by atoms with van der Waals surface area (Å²) in [6, 6.07) is 3.67. The quantitative estimate of drug-likeness (QED) is 0.804. The number of rotatable bonds is 4. The largest absolute Gasteiger partial charge is 0.593 e. The molecule has 1 aromatic rings. The van der Waals surface area contributed by atoms with Crippen molar-refractivity contribution in [2.45, 2.75) is 32.8 Å². The van der Waals surface area contributed by atoms with Crippen LogP contribution in [0.5, 0.6) is 0 Å². The average Bonchev–Trinajstić information content (AvgIpc) is 2.58. The monoisotopic (exact) mass is 376 g/mol. The number of aliphatic hydroxyl groups is 1. The molecule has 1 N–H and O–H groups in total. The zero-order valence-electron chi connectivity index (χ0n) is 15.1. The van der Waals surface area contributed by atoms with Gasteiger partial charge in [0.05, 0.1) is 30.6 Å². The minimum Gasteiger partial charge on any atom is -0.593 e. The molecule has 0 aliphatic carbocycles. The lowest BCUT2D eigenvalue weighted by molar-refractivity contribution is -0.120. The number of ketones is 1. The smallest absolute Gasteiger partial charge is 0.254 e. The van der Waals surface area contributed by atoms with Crippen LogP contribution in [0.1, 0.15) is 39.9 Å². The van der Waals surface area contributed by atoms with Crippen molar-refractivity contribution in [1.82, 2.24) is 9.21 Å². The Hall–Kier alpha value is -1.67. The number of aryl methyl sites for hydroxylation is 2. The van der Waals surface area contributed by atoms with Crippen LogP contribution in [0.25, 0.3) is 6.08 Å². The standard InChI is InChI=1S/C19H24N2O4S/c1-13-9-15(19(24)20-11-17(23)12-20)10-14(2)18(13)5-8-26(25)21-6-3-16(22)4-7-21/h5,8-10,17,23H,3-4,6-7,11-12H2,1-2H3/b8-5+. The van der Waals surface area contributed by atoms with Crippen LogP contribution in [0.4, 0.5) is 0 Å². The van der Waals surface area contributed by atoms with Crippen molar-refractivity contribution in [1.29, 1.82) is 0 Å². The fourth-order valence-corrected chi connectivity index (χ4v) is 4.26. The van der Waals surface area contributed by atoms with Gasteiger partial charge in [0.15, 0.2) is 0 Å². The highest BCUT2D eigenvalue weighted by atomic mass is 32.2. The number of carbonyl (C=O) groups is 2. The van der Waals surface area contributed by atoms with Gasteiger partial charge >= 0.3 is 0 Å². The van der Waals surface area contributed by atoms with E-state index in [2.05, 4.69) is 0 Å². The number of hydrogen-bond acceptors (Lipinski definition) is 5. The molecule has 0 radical (unpaired) electrons. The Bertz CT molecular complexity index is 710. The van der Waals surface area contributed by atoms with Crippen molar-refractivity contribution in [3.05, 3.63) is 39.8 Å². The van der Waals surface area contributed by atoms with Crippen LogP contribution in [-0.2, 0) is 16.2 Å². The first-order valence-electron chi connectivity index (χ1n) is 8.79. The van der Waals surface area contributed by atoms with Gasteiger partial charge < -0.3 is 14.6 Å². The first-order valence-corrected chi connectivity index (χ1v) is 9.96. The Morgan fingerprint density at radius 3 is 2.35 bits per heavy atom. The highest BCUT2D eigenvalue weighted by Gasteiger charge is 2.30. The minimum atomic E-state index is -1.26. The molecule has 26 heavy (non-hydrogen) atoms. The molecule has 1 amide bonds. The molecule has 1 aromatic carbocycles. The van der Waals surface area contributed by atoms with Gasteiger partial charge in [-0.05, 0) is 48.7 Å². The van der Waals surface area contributed by atoms with E-state index in [1.807, 2.05) is 32.1 Å². The number of carbonyl (C=O) groups excluding carboxylic acids is 2. The Kier molecular flexibility index (Phi) is 5.82. The fraction of sp³-hybridized carbons (Fsp3) is 0.474. The summed E-state index contributed by atoms with van der Waals surface area (Å²) in [6.07, 6.45) is 2.33. The van der Waals surface area contributed by atoms with E-state index < -0.39 is 17.5 Å². The number of β-amino-alcohol motifs (C(OH)–C–C–N with tert-alkyl or cyclic N) is 1. The van der Waals surface area contributed by atoms with E-state index in [4.69, 9.17) is 0 Å². The predicted octanol–water partition coefficient (Wildman–Crippen LogP) is 1.42. The Balaban J connectivity index is 1.70. The van der Waals surface area contributed by atoms with Gasteiger partial charge in [-0.1, -0.05) is 0 Å². The van der Waals surface area contributed by atoms with E-state index in [1.54, 1.807) is 14.6 Å². The van der Waals surface area contributed by atoms with Crippen molar-refractivity contribution in [2.75, 3.05) is 26.2 Å². The zero-order valence-corrected chi connectivity index (χ0v) is 15.9. The molecule has 0 spiro atoms. The Morgan fingerprint density at radius 2 is 1.81 bits per heavy atom.